The SMILES string of the molecule is CCc1ccccc1NC(=O)CC1Cn2ncc(-c3ccccc3)c2NC1=O. The maximum atomic E-state index is 12.6. The van der Waals surface area contributed by atoms with Crippen molar-refractivity contribution in [3.63, 3.8) is 0 Å². The number of benzene rings is 2. The number of nitrogens with one attached hydrogen (secondary N) is 2. The van der Waals surface area contributed by atoms with E-state index in [1.54, 1.807) is 10.9 Å². The maximum absolute atomic E-state index is 12.6. The Balaban J connectivity index is 1.47. The van der Waals surface area contributed by atoms with E-state index in [0.29, 0.717) is 12.4 Å². The predicted molar refractivity (Wildman–Crippen MR) is 109 cm³/mol. The van der Waals surface area contributed by atoms with E-state index >= 15 is 0 Å². The molecule has 2 aromatic carbocycles. The van der Waals surface area contributed by atoms with E-state index in [1.165, 1.54) is 0 Å². The minimum atomic E-state index is -0.454. The third-order valence-corrected chi connectivity index (χ3v) is 5.03. The molecule has 0 saturated heterocycles. The Bertz CT molecular complexity index is 1010. The lowest BCUT2D eigenvalue weighted by atomic mass is 10.0. The number of para-hydroxylation sites is 1. The lowest BCUT2D eigenvalue weighted by Gasteiger charge is -2.24. The van der Waals surface area contributed by atoms with Gasteiger partial charge in [0.1, 0.15) is 5.82 Å². The van der Waals surface area contributed by atoms with Gasteiger partial charge in [-0.25, -0.2) is 4.68 Å². The first-order chi connectivity index (χ1) is 13.7. The molecule has 6 nitrogen and oxygen atoms in total. The van der Waals surface area contributed by atoms with Crippen LogP contribution in [-0.4, -0.2) is 21.6 Å². The number of nitrogens with zero attached hydrogens (tertiary/aromatic N) is 2. The highest BCUT2D eigenvalue weighted by atomic mass is 16.2. The fourth-order valence-corrected chi connectivity index (χ4v) is 3.53. The Morgan fingerprint density at radius 1 is 1.18 bits per heavy atom. The molecular weight excluding hydrogens is 352 g/mol. The average molecular weight is 374 g/mol. The molecule has 6 heteroatoms. The summed E-state index contributed by atoms with van der Waals surface area (Å²) in [5.74, 6) is -0.0851. The molecule has 142 valence electrons. The molecule has 1 atom stereocenters. The molecule has 28 heavy (non-hydrogen) atoms. The third kappa shape index (κ3) is 3.53. The van der Waals surface area contributed by atoms with E-state index in [2.05, 4.69) is 15.7 Å². The summed E-state index contributed by atoms with van der Waals surface area (Å²) in [6.07, 6.45) is 2.70. The fraction of sp³-hybridized carbons (Fsp3) is 0.227. The van der Waals surface area contributed by atoms with Crippen LogP contribution in [0.3, 0.4) is 0 Å². The van der Waals surface area contributed by atoms with E-state index in [-0.39, 0.29) is 18.2 Å². The molecule has 0 fully saturated rings. The average Bonchev–Trinajstić information content (AvgIpc) is 3.12. The molecule has 3 aromatic rings. The number of carbonyl (C=O) groups excluding carboxylic acids is 2. The molecule has 0 bridgehead atoms. The van der Waals surface area contributed by atoms with Crippen molar-refractivity contribution in [2.45, 2.75) is 26.3 Å². The molecule has 0 radical (unpaired) electrons. The molecule has 0 aliphatic carbocycles. The van der Waals surface area contributed by atoms with Crippen molar-refractivity contribution < 1.29 is 9.59 Å². The lowest BCUT2D eigenvalue weighted by molar-refractivity contribution is -0.125. The quantitative estimate of drug-likeness (QED) is 0.715. The fourth-order valence-electron chi connectivity index (χ4n) is 3.53. The van der Waals surface area contributed by atoms with Crippen LogP contribution in [0.4, 0.5) is 11.5 Å². The van der Waals surface area contributed by atoms with Gasteiger partial charge in [-0.3, -0.25) is 9.59 Å². The molecule has 0 saturated carbocycles. The van der Waals surface area contributed by atoms with Gasteiger partial charge in [-0.2, -0.15) is 5.10 Å². The maximum Gasteiger partial charge on any atom is 0.231 e. The Morgan fingerprint density at radius 2 is 1.93 bits per heavy atom. The van der Waals surface area contributed by atoms with Crippen molar-refractivity contribution in [2.75, 3.05) is 10.6 Å². The topological polar surface area (TPSA) is 76.0 Å². The summed E-state index contributed by atoms with van der Waals surface area (Å²) >= 11 is 0. The number of hydrogen-bond donors (Lipinski definition) is 2. The Labute approximate surface area is 163 Å². The van der Waals surface area contributed by atoms with Crippen LogP contribution in [0.2, 0.25) is 0 Å². The summed E-state index contributed by atoms with van der Waals surface area (Å²) in [5.41, 5.74) is 3.76. The molecule has 0 spiro atoms. The summed E-state index contributed by atoms with van der Waals surface area (Å²) in [6, 6.07) is 17.5. The highest BCUT2D eigenvalue weighted by molar-refractivity contribution is 6.00. The van der Waals surface area contributed by atoms with Crippen molar-refractivity contribution in [3.05, 3.63) is 66.4 Å². The zero-order valence-electron chi connectivity index (χ0n) is 15.7. The Kier molecular flexibility index (Phi) is 4.93. The lowest BCUT2D eigenvalue weighted by Crippen LogP contribution is -2.36. The van der Waals surface area contributed by atoms with Crippen LogP contribution in [0.15, 0.2) is 60.8 Å². The first-order valence-corrected chi connectivity index (χ1v) is 9.45. The zero-order valence-corrected chi connectivity index (χ0v) is 15.7. The monoisotopic (exact) mass is 374 g/mol. The Hall–Kier alpha value is -3.41. The predicted octanol–water partition coefficient (Wildman–Crippen LogP) is 3.71. The second-order valence-electron chi connectivity index (χ2n) is 6.90. The summed E-state index contributed by atoms with van der Waals surface area (Å²) in [6.45, 7) is 2.43. The van der Waals surface area contributed by atoms with Crippen molar-refractivity contribution in [3.8, 4) is 11.1 Å². The van der Waals surface area contributed by atoms with Crippen molar-refractivity contribution in [1.82, 2.24) is 9.78 Å². The first kappa shape index (κ1) is 18.0. The zero-order chi connectivity index (χ0) is 19.5. The molecule has 2 amide bonds. The van der Waals surface area contributed by atoms with Gasteiger partial charge in [0.15, 0.2) is 0 Å². The van der Waals surface area contributed by atoms with Gasteiger partial charge in [-0.05, 0) is 23.6 Å². The van der Waals surface area contributed by atoms with Gasteiger partial charge in [0.2, 0.25) is 11.8 Å². The van der Waals surface area contributed by atoms with Crippen LogP contribution in [0.25, 0.3) is 11.1 Å². The van der Waals surface area contributed by atoms with Crippen molar-refractivity contribution in [1.29, 1.82) is 0 Å². The van der Waals surface area contributed by atoms with E-state index in [4.69, 9.17) is 0 Å². The second-order valence-corrected chi connectivity index (χ2v) is 6.90. The highest BCUT2D eigenvalue weighted by Crippen LogP contribution is 2.32. The van der Waals surface area contributed by atoms with Crippen molar-refractivity contribution in [2.24, 2.45) is 5.92 Å². The number of aryl methyl sites for hydroxylation is 1. The molecule has 1 aliphatic rings. The molecular formula is C22H22N4O2. The van der Waals surface area contributed by atoms with Gasteiger partial charge in [-0.1, -0.05) is 55.5 Å². The van der Waals surface area contributed by atoms with Gasteiger partial charge < -0.3 is 10.6 Å². The first-order valence-electron chi connectivity index (χ1n) is 9.45. The molecule has 1 unspecified atom stereocenters. The van der Waals surface area contributed by atoms with Crippen LogP contribution in [0.1, 0.15) is 18.9 Å². The van der Waals surface area contributed by atoms with Crippen molar-refractivity contribution >= 4 is 23.3 Å². The smallest absolute Gasteiger partial charge is 0.231 e. The van der Waals surface area contributed by atoms with E-state index < -0.39 is 5.92 Å². The third-order valence-electron chi connectivity index (χ3n) is 5.03. The van der Waals surface area contributed by atoms with Gasteiger partial charge in [0.05, 0.1) is 18.7 Å². The minimum absolute atomic E-state index is 0.115. The number of hydrogen-bond acceptors (Lipinski definition) is 3. The van der Waals surface area contributed by atoms with Gasteiger partial charge in [0.25, 0.3) is 0 Å². The summed E-state index contributed by atoms with van der Waals surface area (Å²) in [5, 5.41) is 10.3. The van der Waals surface area contributed by atoms with Crippen LogP contribution >= 0.6 is 0 Å². The van der Waals surface area contributed by atoms with Crippen LogP contribution in [0.5, 0.6) is 0 Å². The normalized spacial score (nSPS) is 15.6. The number of carbonyl (C=O) groups is 2. The molecule has 1 aliphatic heterocycles. The van der Waals surface area contributed by atoms with Crippen LogP contribution < -0.4 is 10.6 Å². The second kappa shape index (κ2) is 7.68. The van der Waals surface area contributed by atoms with Crippen LogP contribution in [0, 0.1) is 5.92 Å². The molecule has 1 aromatic heterocycles. The number of rotatable bonds is 5. The molecule has 2 N–H and O–H groups in total. The number of aromatic nitrogens is 2. The van der Waals surface area contributed by atoms with Crippen LogP contribution in [-0.2, 0) is 22.6 Å². The minimum Gasteiger partial charge on any atom is -0.326 e. The summed E-state index contributed by atoms with van der Waals surface area (Å²) in [4.78, 5) is 25.1. The number of amides is 2. The molecule has 4 rings (SSSR count). The van der Waals surface area contributed by atoms with Gasteiger partial charge in [0, 0.05) is 17.7 Å². The van der Waals surface area contributed by atoms with E-state index in [0.717, 1.165) is 28.8 Å². The number of fused-ring (bicyclic) bond motifs is 1. The highest BCUT2D eigenvalue weighted by Gasteiger charge is 2.30. The summed E-state index contributed by atoms with van der Waals surface area (Å²) < 4.78 is 1.77. The Morgan fingerprint density at radius 3 is 2.71 bits per heavy atom. The largest absolute Gasteiger partial charge is 0.326 e. The number of anilines is 2. The molecule has 2 heterocycles. The van der Waals surface area contributed by atoms with E-state index in [1.807, 2.05) is 61.5 Å². The van der Waals surface area contributed by atoms with E-state index in [9.17, 15) is 9.59 Å². The van der Waals surface area contributed by atoms with Gasteiger partial charge in [-0.15, -0.1) is 0 Å². The standard InChI is InChI=1S/C22H22N4O2/c1-2-15-8-6-7-11-19(15)24-20(27)12-17-14-26-21(25-22(17)28)18(13-23-26)16-9-4-3-5-10-16/h3-11,13,17H,2,12,14H2,1H3,(H,24,27)(H,25,28). The van der Waals surface area contributed by atoms with Gasteiger partial charge >= 0.3 is 0 Å². The summed E-state index contributed by atoms with van der Waals surface area (Å²) in [7, 11) is 0.